The van der Waals surface area contributed by atoms with Crippen molar-refractivity contribution in [3.63, 3.8) is 0 Å². The van der Waals surface area contributed by atoms with Gasteiger partial charge in [0, 0.05) is 35.6 Å². The maximum atomic E-state index is 13.1. The van der Waals surface area contributed by atoms with Gasteiger partial charge in [0.2, 0.25) is 0 Å². The molecule has 1 aromatic heterocycles. The lowest BCUT2D eigenvalue weighted by molar-refractivity contribution is 0.306. The minimum absolute atomic E-state index is 0.0284. The summed E-state index contributed by atoms with van der Waals surface area (Å²) in [6.45, 7) is 5.90. The Kier molecular flexibility index (Phi) is 6.19. The Hall–Kier alpha value is -3.37. The lowest BCUT2D eigenvalue weighted by Gasteiger charge is -2.16. The highest BCUT2D eigenvalue weighted by atomic mass is 16.5. The van der Waals surface area contributed by atoms with Gasteiger partial charge in [-0.05, 0) is 40.8 Å². The molecule has 0 spiro atoms. The summed E-state index contributed by atoms with van der Waals surface area (Å²) in [7, 11) is 0. The minimum atomic E-state index is 0.0284. The van der Waals surface area contributed by atoms with Crippen LogP contribution in [-0.2, 0) is 19.7 Å². The highest BCUT2D eigenvalue weighted by molar-refractivity contribution is 5.96. The topological polar surface area (TPSA) is 57.2 Å². The first kappa shape index (κ1) is 20.9. The number of benzene rings is 3. The predicted molar refractivity (Wildman–Crippen MR) is 127 cm³/mol. The first-order chi connectivity index (χ1) is 15.0. The quantitative estimate of drug-likeness (QED) is 0.444. The monoisotopic (exact) mass is 412 g/mol. The molecular formula is C27H28N2O2. The van der Waals surface area contributed by atoms with E-state index in [2.05, 4.69) is 26.0 Å². The number of fused-ring (bicyclic) bond motifs is 1. The fourth-order valence-electron chi connectivity index (χ4n) is 3.78. The molecule has 3 aromatic carbocycles. The van der Waals surface area contributed by atoms with E-state index < -0.39 is 0 Å². The van der Waals surface area contributed by atoms with Crippen LogP contribution in [0.1, 0.15) is 25.0 Å². The van der Waals surface area contributed by atoms with Crippen LogP contribution in [0.25, 0.3) is 21.9 Å². The molecule has 4 nitrogen and oxygen atoms in total. The number of hydrogen-bond donors (Lipinski definition) is 1. The van der Waals surface area contributed by atoms with Crippen molar-refractivity contribution in [2.45, 2.75) is 33.5 Å². The second-order valence-corrected chi connectivity index (χ2v) is 8.28. The molecule has 0 radical (unpaired) electrons. The van der Waals surface area contributed by atoms with Crippen molar-refractivity contribution in [3.8, 4) is 16.9 Å². The SMILES string of the molecule is CC(C)Cn1cc(-c2ccc(CN)cc2)c2cc(OCc3ccccc3)ccc2c1=O. The van der Waals surface area contributed by atoms with E-state index >= 15 is 0 Å². The summed E-state index contributed by atoms with van der Waals surface area (Å²) in [6.07, 6.45) is 1.98. The van der Waals surface area contributed by atoms with Crippen LogP contribution in [0.3, 0.4) is 0 Å². The number of nitrogens with two attached hydrogens (primary N) is 1. The third kappa shape index (κ3) is 4.70. The third-order valence-electron chi connectivity index (χ3n) is 5.37. The molecule has 0 amide bonds. The Bertz CT molecular complexity index is 1230. The average Bonchev–Trinajstić information content (AvgIpc) is 2.80. The van der Waals surface area contributed by atoms with Gasteiger partial charge in [-0.3, -0.25) is 4.79 Å². The molecule has 0 aliphatic carbocycles. The van der Waals surface area contributed by atoms with E-state index in [0.717, 1.165) is 33.4 Å². The van der Waals surface area contributed by atoms with E-state index in [9.17, 15) is 4.79 Å². The summed E-state index contributed by atoms with van der Waals surface area (Å²) in [5.74, 6) is 1.12. The smallest absolute Gasteiger partial charge is 0.258 e. The number of aromatic nitrogens is 1. The summed E-state index contributed by atoms with van der Waals surface area (Å²) < 4.78 is 7.86. The van der Waals surface area contributed by atoms with Crippen LogP contribution in [0, 0.1) is 5.92 Å². The van der Waals surface area contributed by atoms with Crippen LogP contribution >= 0.6 is 0 Å². The molecular weight excluding hydrogens is 384 g/mol. The van der Waals surface area contributed by atoms with E-state index in [4.69, 9.17) is 10.5 Å². The number of ether oxygens (including phenoxy) is 1. The van der Waals surface area contributed by atoms with Crippen molar-refractivity contribution < 1.29 is 4.74 Å². The molecule has 0 fully saturated rings. The van der Waals surface area contributed by atoms with Crippen molar-refractivity contribution in [2.24, 2.45) is 11.7 Å². The lowest BCUT2D eigenvalue weighted by Crippen LogP contribution is -2.22. The van der Waals surface area contributed by atoms with Crippen molar-refractivity contribution in [1.29, 1.82) is 0 Å². The molecule has 4 heteroatoms. The van der Waals surface area contributed by atoms with Gasteiger partial charge in [-0.1, -0.05) is 68.4 Å². The van der Waals surface area contributed by atoms with E-state index in [-0.39, 0.29) is 5.56 Å². The van der Waals surface area contributed by atoms with Gasteiger partial charge in [-0.2, -0.15) is 0 Å². The Morgan fingerprint density at radius 1 is 0.903 bits per heavy atom. The van der Waals surface area contributed by atoms with Crippen molar-refractivity contribution >= 4 is 10.8 Å². The number of pyridine rings is 1. The molecule has 0 atom stereocenters. The van der Waals surface area contributed by atoms with Crippen LogP contribution in [0.4, 0.5) is 0 Å². The first-order valence-electron chi connectivity index (χ1n) is 10.7. The number of rotatable bonds is 7. The molecule has 0 saturated heterocycles. The molecule has 0 saturated carbocycles. The second kappa shape index (κ2) is 9.19. The number of nitrogens with zero attached hydrogens (tertiary/aromatic N) is 1. The summed E-state index contributed by atoms with van der Waals surface area (Å²) >= 11 is 0. The highest BCUT2D eigenvalue weighted by Crippen LogP contribution is 2.30. The molecule has 0 aliphatic heterocycles. The van der Waals surface area contributed by atoms with Crippen molar-refractivity contribution in [3.05, 3.63) is 100 Å². The zero-order valence-electron chi connectivity index (χ0n) is 18.0. The molecule has 1 heterocycles. The maximum absolute atomic E-state index is 13.1. The summed E-state index contributed by atoms with van der Waals surface area (Å²) in [5, 5.41) is 1.60. The molecule has 4 rings (SSSR count). The van der Waals surface area contributed by atoms with Crippen molar-refractivity contribution in [2.75, 3.05) is 0 Å². The van der Waals surface area contributed by atoms with Crippen LogP contribution in [-0.4, -0.2) is 4.57 Å². The Balaban J connectivity index is 1.80. The predicted octanol–water partition coefficient (Wildman–Crippen LogP) is 5.36. The van der Waals surface area contributed by atoms with E-state index in [0.29, 0.717) is 31.0 Å². The average molecular weight is 413 g/mol. The first-order valence-corrected chi connectivity index (χ1v) is 10.7. The Morgan fingerprint density at radius 3 is 2.32 bits per heavy atom. The van der Waals surface area contributed by atoms with Gasteiger partial charge >= 0.3 is 0 Å². The van der Waals surface area contributed by atoms with Crippen LogP contribution in [0.2, 0.25) is 0 Å². The molecule has 158 valence electrons. The molecule has 0 aliphatic rings. The van der Waals surface area contributed by atoms with Gasteiger partial charge in [0.15, 0.2) is 0 Å². The van der Waals surface area contributed by atoms with Crippen LogP contribution < -0.4 is 16.0 Å². The second-order valence-electron chi connectivity index (χ2n) is 8.28. The number of hydrogen-bond acceptors (Lipinski definition) is 3. The molecule has 0 unspecified atom stereocenters. The highest BCUT2D eigenvalue weighted by Gasteiger charge is 2.13. The van der Waals surface area contributed by atoms with Gasteiger partial charge in [-0.15, -0.1) is 0 Å². The summed E-state index contributed by atoms with van der Waals surface area (Å²) in [6, 6.07) is 24.0. The molecule has 0 bridgehead atoms. The summed E-state index contributed by atoms with van der Waals surface area (Å²) in [4.78, 5) is 13.1. The van der Waals surface area contributed by atoms with Crippen LogP contribution in [0.5, 0.6) is 5.75 Å². The fraction of sp³-hybridized carbons (Fsp3) is 0.222. The molecule has 4 aromatic rings. The van der Waals surface area contributed by atoms with Crippen molar-refractivity contribution in [1.82, 2.24) is 4.57 Å². The normalized spacial score (nSPS) is 11.2. The van der Waals surface area contributed by atoms with Gasteiger partial charge in [0.05, 0.1) is 0 Å². The van der Waals surface area contributed by atoms with Gasteiger partial charge < -0.3 is 15.0 Å². The van der Waals surface area contributed by atoms with E-state index in [1.165, 1.54) is 0 Å². The largest absolute Gasteiger partial charge is 0.489 e. The van der Waals surface area contributed by atoms with Gasteiger partial charge in [0.25, 0.3) is 5.56 Å². The third-order valence-corrected chi connectivity index (χ3v) is 5.37. The fourth-order valence-corrected chi connectivity index (χ4v) is 3.78. The van der Waals surface area contributed by atoms with E-state index in [1.807, 2.05) is 71.4 Å². The maximum Gasteiger partial charge on any atom is 0.258 e. The minimum Gasteiger partial charge on any atom is -0.489 e. The molecule has 2 N–H and O–H groups in total. The Morgan fingerprint density at radius 2 is 1.65 bits per heavy atom. The standard InChI is InChI=1S/C27H28N2O2/c1-19(2)16-29-17-26(22-10-8-20(15-28)9-11-22)25-14-23(12-13-24(25)27(29)30)31-18-21-6-4-3-5-7-21/h3-14,17,19H,15-16,18,28H2,1-2H3. The van der Waals surface area contributed by atoms with E-state index in [1.54, 1.807) is 0 Å². The zero-order chi connectivity index (χ0) is 21.8. The lowest BCUT2D eigenvalue weighted by atomic mass is 9.99. The Labute approximate surface area is 182 Å². The van der Waals surface area contributed by atoms with Gasteiger partial charge in [0.1, 0.15) is 12.4 Å². The summed E-state index contributed by atoms with van der Waals surface area (Å²) in [5.41, 5.74) is 10.1. The van der Waals surface area contributed by atoms with Gasteiger partial charge in [-0.25, -0.2) is 0 Å². The zero-order valence-corrected chi connectivity index (χ0v) is 18.0. The van der Waals surface area contributed by atoms with Crippen LogP contribution in [0.15, 0.2) is 83.8 Å². The molecule has 31 heavy (non-hydrogen) atoms.